The second-order valence-corrected chi connectivity index (χ2v) is 10.6. The molecule has 0 bridgehead atoms. The van der Waals surface area contributed by atoms with Crippen LogP contribution in [-0.4, -0.2) is 14.4 Å². The van der Waals surface area contributed by atoms with Crippen molar-refractivity contribution in [3.63, 3.8) is 0 Å². The Balaban J connectivity index is 0.00000161. The molecule has 0 aliphatic carbocycles. The molecule has 210 valence electrons. The molecule has 0 amide bonds. The first kappa shape index (κ1) is 27.9. The van der Waals surface area contributed by atoms with Crippen molar-refractivity contribution in [2.75, 3.05) is 0 Å². The lowest BCUT2D eigenvalue weighted by atomic mass is 9.96. The predicted molar refractivity (Wildman–Crippen MR) is 187 cm³/mol. The van der Waals surface area contributed by atoms with Gasteiger partial charge in [0, 0.05) is 27.7 Å². The molecule has 0 N–H and O–H groups in total. The molecule has 0 saturated carbocycles. The summed E-state index contributed by atoms with van der Waals surface area (Å²) in [6, 6.07) is 31.8. The largest absolute Gasteiger partial charge is 0.292 e. The van der Waals surface area contributed by atoms with Crippen molar-refractivity contribution in [3.8, 4) is 0 Å². The summed E-state index contributed by atoms with van der Waals surface area (Å²) in [6.45, 7) is 16.8. The number of aromatic nitrogens is 3. The first-order chi connectivity index (χ1) is 21.0. The first-order valence-electron chi connectivity index (χ1n) is 14.8. The molecule has 0 spiro atoms. The van der Waals surface area contributed by atoms with Crippen LogP contribution in [0.3, 0.4) is 0 Å². The van der Waals surface area contributed by atoms with Gasteiger partial charge in [0.05, 0.1) is 22.1 Å². The zero-order chi connectivity index (χ0) is 30.1. The molecule has 0 unspecified atom stereocenters. The molecule has 4 aromatic carbocycles. The summed E-state index contributed by atoms with van der Waals surface area (Å²) in [7, 11) is 0. The van der Waals surface area contributed by atoms with E-state index >= 15 is 0 Å². The zero-order valence-electron chi connectivity index (χ0n) is 25.2. The number of benzene rings is 4. The Bertz CT molecular complexity index is 2260. The molecular formula is C40H35N3. The van der Waals surface area contributed by atoms with Crippen LogP contribution in [0.1, 0.15) is 37.5 Å². The second kappa shape index (κ2) is 11.5. The fourth-order valence-electron chi connectivity index (χ4n) is 5.80. The van der Waals surface area contributed by atoms with E-state index in [9.17, 15) is 0 Å². The number of nitrogens with zero attached hydrogens (tertiary/aromatic N) is 3. The van der Waals surface area contributed by atoms with Crippen molar-refractivity contribution in [1.82, 2.24) is 14.4 Å². The Kier molecular flexibility index (Phi) is 7.48. The molecular weight excluding hydrogens is 522 g/mol. The lowest BCUT2D eigenvalue weighted by Crippen LogP contribution is -1.95. The molecule has 3 aromatic heterocycles. The summed E-state index contributed by atoms with van der Waals surface area (Å²) in [4.78, 5) is 9.90. The molecule has 43 heavy (non-hydrogen) atoms. The van der Waals surface area contributed by atoms with Crippen LogP contribution in [0.25, 0.3) is 60.9 Å². The normalized spacial score (nSPS) is 12.2. The maximum absolute atomic E-state index is 5.09. The van der Waals surface area contributed by atoms with Gasteiger partial charge in [-0.3, -0.25) is 9.38 Å². The minimum atomic E-state index is 0.934. The topological polar surface area (TPSA) is 30.2 Å². The number of hydrogen-bond donors (Lipinski definition) is 0. The van der Waals surface area contributed by atoms with E-state index in [4.69, 9.17) is 9.97 Å². The molecule has 0 aliphatic rings. The van der Waals surface area contributed by atoms with Gasteiger partial charge >= 0.3 is 0 Å². The third-order valence-electron chi connectivity index (χ3n) is 8.03. The molecule has 7 rings (SSSR count). The maximum Gasteiger partial charge on any atom is 0.146 e. The van der Waals surface area contributed by atoms with Crippen LogP contribution in [0, 0.1) is 6.92 Å². The number of pyridine rings is 2. The van der Waals surface area contributed by atoms with Crippen LogP contribution < -0.4 is 0 Å². The third kappa shape index (κ3) is 4.83. The Morgan fingerprint density at radius 1 is 0.837 bits per heavy atom. The molecule has 3 heterocycles. The van der Waals surface area contributed by atoms with Gasteiger partial charge in [-0.15, -0.1) is 0 Å². The van der Waals surface area contributed by atoms with Crippen molar-refractivity contribution in [1.29, 1.82) is 0 Å². The van der Waals surface area contributed by atoms with Crippen LogP contribution in [0.2, 0.25) is 0 Å². The summed E-state index contributed by atoms with van der Waals surface area (Å²) >= 11 is 0. The van der Waals surface area contributed by atoms with E-state index < -0.39 is 0 Å². The Morgan fingerprint density at radius 2 is 1.60 bits per heavy atom. The summed E-state index contributed by atoms with van der Waals surface area (Å²) in [5.74, 6) is 0. The molecule has 0 radical (unpaired) electrons. The number of fused-ring (bicyclic) bond motifs is 10. The summed E-state index contributed by atoms with van der Waals surface area (Å²) in [5.41, 5.74) is 11.7. The van der Waals surface area contributed by atoms with E-state index in [1.165, 1.54) is 11.1 Å². The minimum absolute atomic E-state index is 0.934. The highest BCUT2D eigenvalue weighted by molar-refractivity contribution is 6.23. The van der Waals surface area contributed by atoms with Crippen molar-refractivity contribution in [2.45, 2.75) is 27.7 Å². The van der Waals surface area contributed by atoms with Gasteiger partial charge in [-0.25, -0.2) is 4.98 Å². The smallest absolute Gasteiger partial charge is 0.146 e. The van der Waals surface area contributed by atoms with Gasteiger partial charge in [0.25, 0.3) is 0 Å². The van der Waals surface area contributed by atoms with Crippen LogP contribution in [0.4, 0.5) is 0 Å². The number of aryl methyl sites for hydroxylation is 1. The Hall–Kier alpha value is -5.28. The van der Waals surface area contributed by atoms with Crippen LogP contribution in [0.5, 0.6) is 0 Å². The highest BCUT2D eigenvalue weighted by Gasteiger charge is 2.17. The van der Waals surface area contributed by atoms with Gasteiger partial charge in [0.15, 0.2) is 0 Å². The summed E-state index contributed by atoms with van der Waals surface area (Å²) in [5, 5.41) is 4.47. The number of rotatable bonds is 5. The van der Waals surface area contributed by atoms with Gasteiger partial charge in [0.2, 0.25) is 0 Å². The average molecular weight is 558 g/mol. The van der Waals surface area contributed by atoms with Gasteiger partial charge < -0.3 is 0 Å². The van der Waals surface area contributed by atoms with E-state index in [0.717, 1.165) is 71.5 Å². The van der Waals surface area contributed by atoms with Crippen LogP contribution in [-0.2, 0) is 0 Å². The van der Waals surface area contributed by atoms with Crippen LogP contribution >= 0.6 is 0 Å². The van der Waals surface area contributed by atoms with Crippen molar-refractivity contribution < 1.29 is 0 Å². The summed E-state index contributed by atoms with van der Waals surface area (Å²) in [6.07, 6.45) is 8.10. The summed E-state index contributed by atoms with van der Waals surface area (Å²) < 4.78 is 2.28. The van der Waals surface area contributed by atoms with E-state index in [0.29, 0.717) is 0 Å². The molecule has 0 saturated heterocycles. The first-order valence-corrected chi connectivity index (χ1v) is 14.8. The lowest BCUT2D eigenvalue weighted by Gasteiger charge is -2.13. The van der Waals surface area contributed by atoms with Gasteiger partial charge in [-0.1, -0.05) is 99.8 Å². The van der Waals surface area contributed by atoms with Crippen molar-refractivity contribution in [2.24, 2.45) is 0 Å². The molecule has 7 aromatic rings. The highest BCUT2D eigenvalue weighted by Crippen LogP contribution is 2.37. The number of imidazole rings is 1. The van der Waals surface area contributed by atoms with Crippen molar-refractivity contribution in [3.05, 3.63) is 150 Å². The average Bonchev–Trinajstić information content (AvgIpc) is 3.45. The van der Waals surface area contributed by atoms with Gasteiger partial charge in [-0.05, 0) is 83.7 Å². The number of para-hydroxylation sites is 2. The van der Waals surface area contributed by atoms with Gasteiger partial charge in [0.1, 0.15) is 5.65 Å². The van der Waals surface area contributed by atoms with Crippen molar-refractivity contribution >= 4 is 60.9 Å². The Labute approximate surface area is 252 Å². The van der Waals surface area contributed by atoms with E-state index in [1.54, 1.807) is 0 Å². The van der Waals surface area contributed by atoms with E-state index in [-0.39, 0.29) is 0 Å². The third-order valence-corrected chi connectivity index (χ3v) is 8.03. The fourth-order valence-corrected chi connectivity index (χ4v) is 5.80. The Morgan fingerprint density at radius 3 is 2.42 bits per heavy atom. The standard InChI is InChI=1S/C38H29N3.C2H6/c1-5-27(21-25(3)26(4)22-29-12-7-6-11-24(29)2)30-17-18-31-35(23-30)41-34-15-9-8-14-33(34)40-38(41)32-19-16-28-13-10-20-39-37(28)36(31)32;1-2/h5-23H,1,3H2,2,4H3;1-2H3/b26-22+,27-21+;. The molecule has 3 heteroatoms. The number of allylic oxidation sites excluding steroid dienone is 5. The quantitative estimate of drug-likeness (QED) is 0.156. The molecule has 3 nitrogen and oxygen atoms in total. The predicted octanol–water partition coefficient (Wildman–Crippen LogP) is 10.9. The number of hydrogen-bond acceptors (Lipinski definition) is 2. The monoisotopic (exact) mass is 557 g/mol. The van der Waals surface area contributed by atoms with Crippen LogP contribution in [0.15, 0.2) is 134 Å². The van der Waals surface area contributed by atoms with E-state index in [2.05, 4.69) is 122 Å². The zero-order valence-corrected chi connectivity index (χ0v) is 25.2. The maximum atomic E-state index is 5.09. The lowest BCUT2D eigenvalue weighted by molar-refractivity contribution is 1.31. The SMILES string of the molecule is C=C/C(=C\C(=C)/C(C)=C/c1ccccc1C)c1ccc2c3c(ccc4cccnc43)c3nc4ccccc4n3c2c1.CC. The fraction of sp³-hybridized carbons (Fsp3) is 0.100. The molecule has 0 atom stereocenters. The van der Waals surface area contributed by atoms with Gasteiger partial charge in [-0.2, -0.15) is 0 Å². The second-order valence-electron chi connectivity index (χ2n) is 10.6. The minimum Gasteiger partial charge on any atom is -0.292 e. The van der Waals surface area contributed by atoms with E-state index in [1.807, 2.05) is 38.3 Å². The highest BCUT2D eigenvalue weighted by atomic mass is 15.0. The molecule has 0 fully saturated rings. The molecule has 0 aliphatic heterocycles.